The lowest BCUT2D eigenvalue weighted by Gasteiger charge is -2.29. The SMILES string of the molecule is CCN1CCCC1N(C)C(=O)O. The second kappa shape index (κ2) is 3.76. The Morgan fingerprint density at radius 2 is 2.42 bits per heavy atom. The third-order valence-corrected chi connectivity index (χ3v) is 2.48. The van der Waals surface area contributed by atoms with Gasteiger partial charge >= 0.3 is 6.09 Å². The molecule has 70 valence electrons. The Balaban J connectivity index is 2.55. The zero-order valence-corrected chi connectivity index (χ0v) is 7.66. The Bertz CT molecular complexity index is 172. The fraction of sp³-hybridized carbons (Fsp3) is 0.875. The topological polar surface area (TPSA) is 43.8 Å². The van der Waals surface area contributed by atoms with Crippen LogP contribution in [-0.2, 0) is 0 Å². The van der Waals surface area contributed by atoms with E-state index in [1.165, 1.54) is 4.90 Å². The third kappa shape index (κ3) is 1.69. The van der Waals surface area contributed by atoms with Gasteiger partial charge in [-0.05, 0) is 19.4 Å². The van der Waals surface area contributed by atoms with Crippen molar-refractivity contribution in [2.45, 2.75) is 25.9 Å². The van der Waals surface area contributed by atoms with E-state index in [1.54, 1.807) is 7.05 Å². The highest BCUT2D eigenvalue weighted by Crippen LogP contribution is 2.18. The minimum atomic E-state index is -0.833. The number of carboxylic acid groups (broad SMARTS) is 1. The molecule has 1 unspecified atom stereocenters. The Kier molecular flexibility index (Phi) is 2.92. The number of rotatable bonds is 2. The summed E-state index contributed by atoms with van der Waals surface area (Å²) < 4.78 is 0. The zero-order chi connectivity index (χ0) is 9.14. The third-order valence-electron chi connectivity index (χ3n) is 2.48. The standard InChI is InChI=1S/C8H16N2O2/c1-3-10-6-4-5-7(10)9(2)8(11)12/h7H,3-6H2,1-2H3,(H,11,12). The number of likely N-dealkylation sites (tertiary alicyclic amines) is 1. The van der Waals surface area contributed by atoms with Gasteiger partial charge in [-0.3, -0.25) is 9.80 Å². The first kappa shape index (κ1) is 9.32. The van der Waals surface area contributed by atoms with Crippen LogP contribution in [0.3, 0.4) is 0 Å². The Labute approximate surface area is 72.8 Å². The van der Waals surface area contributed by atoms with Gasteiger partial charge in [0.05, 0.1) is 6.17 Å². The fourth-order valence-corrected chi connectivity index (χ4v) is 1.74. The van der Waals surface area contributed by atoms with Crippen LogP contribution < -0.4 is 0 Å². The molecule has 0 spiro atoms. The monoisotopic (exact) mass is 172 g/mol. The van der Waals surface area contributed by atoms with Crippen molar-refractivity contribution in [2.24, 2.45) is 0 Å². The van der Waals surface area contributed by atoms with Crippen molar-refractivity contribution in [3.63, 3.8) is 0 Å². The molecule has 0 aromatic rings. The van der Waals surface area contributed by atoms with Gasteiger partial charge in [-0.25, -0.2) is 4.79 Å². The molecule has 1 atom stereocenters. The lowest BCUT2D eigenvalue weighted by Crippen LogP contribution is -2.44. The summed E-state index contributed by atoms with van der Waals surface area (Å²) in [4.78, 5) is 14.2. The van der Waals surface area contributed by atoms with Gasteiger partial charge < -0.3 is 5.11 Å². The van der Waals surface area contributed by atoms with E-state index >= 15 is 0 Å². The first-order valence-corrected chi connectivity index (χ1v) is 4.36. The summed E-state index contributed by atoms with van der Waals surface area (Å²) >= 11 is 0. The van der Waals surface area contributed by atoms with Crippen LogP contribution in [0, 0.1) is 0 Å². The van der Waals surface area contributed by atoms with Crippen LogP contribution in [-0.4, -0.2) is 47.3 Å². The molecule has 1 rings (SSSR count). The molecule has 12 heavy (non-hydrogen) atoms. The normalized spacial score (nSPS) is 24.3. The molecule has 1 amide bonds. The summed E-state index contributed by atoms with van der Waals surface area (Å²) in [7, 11) is 1.64. The van der Waals surface area contributed by atoms with Gasteiger partial charge in [0.1, 0.15) is 0 Å². The van der Waals surface area contributed by atoms with E-state index in [-0.39, 0.29) is 6.17 Å². The summed E-state index contributed by atoms with van der Waals surface area (Å²) in [6, 6.07) is 0. The van der Waals surface area contributed by atoms with E-state index in [0.717, 1.165) is 25.9 Å². The van der Waals surface area contributed by atoms with Crippen LogP contribution in [0.4, 0.5) is 4.79 Å². The van der Waals surface area contributed by atoms with Gasteiger partial charge in [-0.2, -0.15) is 0 Å². The van der Waals surface area contributed by atoms with E-state index in [2.05, 4.69) is 11.8 Å². The zero-order valence-electron chi connectivity index (χ0n) is 7.66. The molecular weight excluding hydrogens is 156 g/mol. The quantitative estimate of drug-likeness (QED) is 0.676. The maximum absolute atomic E-state index is 10.6. The van der Waals surface area contributed by atoms with Crippen molar-refractivity contribution in [1.82, 2.24) is 9.80 Å². The molecule has 0 radical (unpaired) electrons. The van der Waals surface area contributed by atoms with Crippen molar-refractivity contribution in [3.8, 4) is 0 Å². The van der Waals surface area contributed by atoms with Gasteiger partial charge in [0.2, 0.25) is 0 Å². The Hall–Kier alpha value is -0.770. The molecule has 0 aromatic carbocycles. The van der Waals surface area contributed by atoms with Gasteiger partial charge in [-0.1, -0.05) is 6.92 Å². The van der Waals surface area contributed by atoms with Crippen LogP contribution in [0.5, 0.6) is 0 Å². The maximum atomic E-state index is 10.6. The molecule has 1 N–H and O–H groups in total. The fourth-order valence-electron chi connectivity index (χ4n) is 1.74. The minimum Gasteiger partial charge on any atom is -0.465 e. The predicted molar refractivity (Wildman–Crippen MR) is 46.1 cm³/mol. The van der Waals surface area contributed by atoms with Crippen LogP contribution in [0.15, 0.2) is 0 Å². The molecule has 0 saturated carbocycles. The number of hydrogen-bond donors (Lipinski definition) is 1. The summed E-state index contributed by atoms with van der Waals surface area (Å²) in [5.41, 5.74) is 0. The lowest BCUT2D eigenvalue weighted by atomic mass is 10.3. The highest BCUT2D eigenvalue weighted by Gasteiger charge is 2.28. The smallest absolute Gasteiger partial charge is 0.408 e. The van der Waals surface area contributed by atoms with Crippen molar-refractivity contribution < 1.29 is 9.90 Å². The molecule has 1 heterocycles. The van der Waals surface area contributed by atoms with Gasteiger partial charge in [-0.15, -0.1) is 0 Å². The van der Waals surface area contributed by atoms with Crippen LogP contribution in [0.1, 0.15) is 19.8 Å². The van der Waals surface area contributed by atoms with E-state index < -0.39 is 6.09 Å². The van der Waals surface area contributed by atoms with Gasteiger partial charge in [0.25, 0.3) is 0 Å². The molecule has 1 aliphatic heterocycles. The summed E-state index contributed by atoms with van der Waals surface area (Å²) in [6.45, 7) is 4.02. The van der Waals surface area contributed by atoms with Crippen molar-refractivity contribution in [3.05, 3.63) is 0 Å². The second-order valence-electron chi connectivity index (χ2n) is 3.14. The molecule has 0 aliphatic carbocycles. The highest BCUT2D eigenvalue weighted by molar-refractivity contribution is 5.64. The van der Waals surface area contributed by atoms with Crippen molar-refractivity contribution in [1.29, 1.82) is 0 Å². The number of carbonyl (C=O) groups is 1. The van der Waals surface area contributed by atoms with Crippen molar-refractivity contribution >= 4 is 6.09 Å². The number of hydrogen-bond acceptors (Lipinski definition) is 2. The lowest BCUT2D eigenvalue weighted by molar-refractivity contribution is 0.0863. The molecule has 4 heteroatoms. The van der Waals surface area contributed by atoms with E-state index in [0.29, 0.717) is 0 Å². The maximum Gasteiger partial charge on any atom is 0.408 e. The summed E-state index contributed by atoms with van der Waals surface area (Å²) in [5, 5.41) is 8.75. The number of amides is 1. The van der Waals surface area contributed by atoms with Crippen LogP contribution >= 0.6 is 0 Å². The molecule has 1 fully saturated rings. The minimum absolute atomic E-state index is 0.104. The average molecular weight is 172 g/mol. The number of nitrogens with zero attached hydrogens (tertiary/aromatic N) is 2. The summed E-state index contributed by atoms with van der Waals surface area (Å²) in [5.74, 6) is 0. The summed E-state index contributed by atoms with van der Waals surface area (Å²) in [6.07, 6.45) is 1.35. The first-order chi connectivity index (χ1) is 5.66. The molecule has 4 nitrogen and oxygen atoms in total. The Morgan fingerprint density at radius 1 is 1.75 bits per heavy atom. The van der Waals surface area contributed by atoms with Gasteiger partial charge in [0.15, 0.2) is 0 Å². The van der Waals surface area contributed by atoms with Gasteiger partial charge in [0, 0.05) is 13.6 Å². The Morgan fingerprint density at radius 3 is 2.92 bits per heavy atom. The second-order valence-corrected chi connectivity index (χ2v) is 3.14. The molecule has 1 aliphatic rings. The first-order valence-electron chi connectivity index (χ1n) is 4.36. The highest BCUT2D eigenvalue weighted by atomic mass is 16.4. The van der Waals surface area contributed by atoms with E-state index in [4.69, 9.17) is 5.11 Å². The molecular formula is C8H16N2O2. The molecule has 0 aromatic heterocycles. The van der Waals surface area contributed by atoms with E-state index in [1.807, 2.05) is 0 Å². The largest absolute Gasteiger partial charge is 0.465 e. The average Bonchev–Trinajstić information content (AvgIpc) is 2.49. The van der Waals surface area contributed by atoms with E-state index in [9.17, 15) is 4.79 Å². The van der Waals surface area contributed by atoms with Crippen LogP contribution in [0.25, 0.3) is 0 Å². The predicted octanol–water partition coefficient (Wildman–Crippen LogP) is 1.04. The van der Waals surface area contributed by atoms with Crippen molar-refractivity contribution in [2.75, 3.05) is 20.1 Å². The molecule has 0 bridgehead atoms. The van der Waals surface area contributed by atoms with Crippen LogP contribution in [0.2, 0.25) is 0 Å². The molecule has 1 saturated heterocycles.